The zero-order valence-electron chi connectivity index (χ0n) is 11.9. The van der Waals surface area contributed by atoms with Gasteiger partial charge in [-0.25, -0.2) is 0 Å². The van der Waals surface area contributed by atoms with E-state index < -0.39 is 0 Å². The van der Waals surface area contributed by atoms with Crippen molar-refractivity contribution < 1.29 is 9.21 Å². The maximum atomic E-state index is 12.3. The van der Waals surface area contributed by atoms with Crippen LogP contribution in [0.25, 0.3) is 0 Å². The van der Waals surface area contributed by atoms with Gasteiger partial charge in [-0.1, -0.05) is 6.07 Å². The number of aromatic nitrogens is 1. The number of amides is 1. The van der Waals surface area contributed by atoms with Crippen LogP contribution in [0.5, 0.6) is 0 Å². The van der Waals surface area contributed by atoms with Gasteiger partial charge >= 0.3 is 0 Å². The molecule has 0 aromatic carbocycles. The Kier molecular flexibility index (Phi) is 4.31. The molecule has 1 aliphatic heterocycles. The van der Waals surface area contributed by atoms with Gasteiger partial charge in [0.15, 0.2) is 0 Å². The summed E-state index contributed by atoms with van der Waals surface area (Å²) in [7, 11) is 0. The number of rotatable bonds is 3. The lowest BCUT2D eigenvalue weighted by atomic mass is 10.3. The summed E-state index contributed by atoms with van der Waals surface area (Å²) in [6, 6.07) is 7.70. The number of furan rings is 1. The number of hydrogen-bond acceptors (Lipinski definition) is 4. The number of carbonyl (C=O) groups is 1. The first-order valence-electron chi connectivity index (χ1n) is 7.26. The normalized spacial score (nSPS) is 16.7. The number of carbonyl (C=O) groups excluding carboxylic acids is 1. The molecule has 0 spiro atoms. The minimum Gasteiger partial charge on any atom is -0.472 e. The van der Waals surface area contributed by atoms with E-state index in [-0.39, 0.29) is 5.91 Å². The molecule has 1 saturated heterocycles. The predicted octanol–water partition coefficient (Wildman–Crippen LogP) is 2.02. The van der Waals surface area contributed by atoms with Gasteiger partial charge in [0.25, 0.3) is 5.91 Å². The Balaban J connectivity index is 1.58. The highest BCUT2D eigenvalue weighted by atomic mass is 16.3. The summed E-state index contributed by atoms with van der Waals surface area (Å²) in [5.74, 6) is 0.0587. The van der Waals surface area contributed by atoms with Crippen LogP contribution in [0.4, 0.5) is 0 Å². The summed E-state index contributed by atoms with van der Waals surface area (Å²) in [6.45, 7) is 4.25. The summed E-state index contributed by atoms with van der Waals surface area (Å²) in [6.07, 6.45) is 5.86. The first kappa shape index (κ1) is 13.8. The van der Waals surface area contributed by atoms with Gasteiger partial charge in [0.2, 0.25) is 0 Å². The van der Waals surface area contributed by atoms with Crippen molar-refractivity contribution in [2.45, 2.75) is 13.0 Å². The van der Waals surface area contributed by atoms with Crippen LogP contribution in [-0.2, 0) is 6.54 Å². The van der Waals surface area contributed by atoms with Crippen molar-refractivity contribution in [1.82, 2.24) is 14.8 Å². The van der Waals surface area contributed by atoms with Crippen LogP contribution in [0.3, 0.4) is 0 Å². The molecular formula is C16H19N3O2. The zero-order chi connectivity index (χ0) is 14.5. The molecule has 0 bridgehead atoms. The van der Waals surface area contributed by atoms with Gasteiger partial charge in [-0.05, 0) is 24.6 Å². The summed E-state index contributed by atoms with van der Waals surface area (Å²) in [5.41, 5.74) is 1.71. The second-order valence-corrected chi connectivity index (χ2v) is 5.26. The molecule has 21 heavy (non-hydrogen) atoms. The Morgan fingerprint density at radius 2 is 2.14 bits per heavy atom. The van der Waals surface area contributed by atoms with Crippen LogP contribution < -0.4 is 0 Å². The van der Waals surface area contributed by atoms with Crippen LogP contribution in [0.2, 0.25) is 0 Å². The van der Waals surface area contributed by atoms with E-state index in [2.05, 4.69) is 9.88 Å². The molecule has 1 fully saturated rings. The quantitative estimate of drug-likeness (QED) is 0.865. The maximum absolute atomic E-state index is 12.3. The topological polar surface area (TPSA) is 49.6 Å². The first-order valence-corrected chi connectivity index (χ1v) is 7.26. The molecule has 3 heterocycles. The van der Waals surface area contributed by atoms with Crippen LogP contribution in [-0.4, -0.2) is 46.9 Å². The van der Waals surface area contributed by atoms with Crippen LogP contribution in [0.1, 0.15) is 22.5 Å². The van der Waals surface area contributed by atoms with E-state index in [1.54, 1.807) is 12.3 Å². The molecule has 5 heteroatoms. The van der Waals surface area contributed by atoms with Gasteiger partial charge in [-0.2, -0.15) is 0 Å². The molecular weight excluding hydrogens is 266 g/mol. The molecule has 0 saturated carbocycles. The Morgan fingerprint density at radius 1 is 1.19 bits per heavy atom. The largest absolute Gasteiger partial charge is 0.472 e. The molecule has 2 aromatic heterocycles. The van der Waals surface area contributed by atoms with Crippen LogP contribution in [0.15, 0.2) is 47.4 Å². The van der Waals surface area contributed by atoms with Crippen molar-refractivity contribution in [1.29, 1.82) is 0 Å². The van der Waals surface area contributed by atoms with E-state index in [0.29, 0.717) is 5.56 Å². The number of hydrogen-bond donors (Lipinski definition) is 0. The summed E-state index contributed by atoms with van der Waals surface area (Å²) in [4.78, 5) is 20.9. The Morgan fingerprint density at radius 3 is 2.90 bits per heavy atom. The van der Waals surface area contributed by atoms with E-state index in [1.807, 2.05) is 29.3 Å². The maximum Gasteiger partial charge on any atom is 0.257 e. The minimum atomic E-state index is 0.0587. The summed E-state index contributed by atoms with van der Waals surface area (Å²) in [5, 5.41) is 0. The fourth-order valence-electron chi connectivity index (χ4n) is 2.62. The molecule has 0 N–H and O–H groups in total. The van der Waals surface area contributed by atoms with E-state index in [4.69, 9.17) is 4.42 Å². The average molecular weight is 285 g/mol. The Labute approximate surface area is 124 Å². The Bertz CT molecular complexity index is 568. The molecule has 3 rings (SSSR count). The smallest absolute Gasteiger partial charge is 0.257 e. The summed E-state index contributed by atoms with van der Waals surface area (Å²) >= 11 is 0. The van der Waals surface area contributed by atoms with Crippen LogP contribution >= 0.6 is 0 Å². The van der Waals surface area contributed by atoms with Gasteiger partial charge in [0.1, 0.15) is 6.26 Å². The van der Waals surface area contributed by atoms with Gasteiger partial charge in [0, 0.05) is 38.9 Å². The first-order chi connectivity index (χ1) is 10.3. The van der Waals surface area contributed by atoms with Crippen molar-refractivity contribution in [2.24, 2.45) is 0 Å². The van der Waals surface area contributed by atoms with E-state index in [0.717, 1.165) is 44.8 Å². The standard InChI is InChI=1S/C16H19N3O2/c20-16(14-5-11-21-13-14)19-8-3-7-18(9-10-19)12-15-4-1-2-6-17-15/h1-2,4-6,11,13H,3,7-10,12H2. The third-order valence-corrected chi connectivity index (χ3v) is 3.76. The lowest BCUT2D eigenvalue weighted by Gasteiger charge is -2.21. The highest BCUT2D eigenvalue weighted by Crippen LogP contribution is 2.11. The zero-order valence-corrected chi connectivity index (χ0v) is 11.9. The van der Waals surface area contributed by atoms with Crippen molar-refractivity contribution in [2.75, 3.05) is 26.2 Å². The van der Waals surface area contributed by atoms with E-state index in [1.165, 1.54) is 6.26 Å². The van der Waals surface area contributed by atoms with Gasteiger partial charge in [0.05, 0.1) is 17.5 Å². The van der Waals surface area contributed by atoms with Crippen LogP contribution in [0, 0.1) is 0 Å². The van der Waals surface area contributed by atoms with Crippen molar-refractivity contribution in [3.05, 3.63) is 54.2 Å². The van der Waals surface area contributed by atoms with Crippen molar-refractivity contribution >= 4 is 5.91 Å². The second-order valence-electron chi connectivity index (χ2n) is 5.26. The predicted molar refractivity (Wildman–Crippen MR) is 78.7 cm³/mol. The third kappa shape index (κ3) is 3.49. The van der Waals surface area contributed by atoms with E-state index >= 15 is 0 Å². The SMILES string of the molecule is O=C(c1ccoc1)N1CCCN(Cc2ccccn2)CC1. The summed E-state index contributed by atoms with van der Waals surface area (Å²) < 4.78 is 4.99. The minimum absolute atomic E-state index is 0.0587. The van der Waals surface area contributed by atoms with Crippen molar-refractivity contribution in [3.8, 4) is 0 Å². The lowest BCUT2D eigenvalue weighted by Crippen LogP contribution is -2.35. The highest BCUT2D eigenvalue weighted by Gasteiger charge is 2.21. The molecule has 5 nitrogen and oxygen atoms in total. The molecule has 0 atom stereocenters. The molecule has 0 radical (unpaired) electrons. The molecule has 110 valence electrons. The second kappa shape index (κ2) is 6.54. The molecule has 2 aromatic rings. The highest BCUT2D eigenvalue weighted by molar-refractivity contribution is 5.93. The fraction of sp³-hybridized carbons (Fsp3) is 0.375. The molecule has 0 unspecified atom stereocenters. The number of nitrogens with zero attached hydrogens (tertiary/aromatic N) is 3. The lowest BCUT2D eigenvalue weighted by molar-refractivity contribution is 0.0760. The molecule has 1 aliphatic rings. The number of pyridine rings is 1. The van der Waals surface area contributed by atoms with Gasteiger partial charge < -0.3 is 9.32 Å². The third-order valence-electron chi connectivity index (χ3n) is 3.76. The van der Waals surface area contributed by atoms with Crippen molar-refractivity contribution in [3.63, 3.8) is 0 Å². The average Bonchev–Trinajstić information content (AvgIpc) is 2.95. The Hall–Kier alpha value is -2.14. The van der Waals surface area contributed by atoms with Gasteiger partial charge in [-0.15, -0.1) is 0 Å². The monoisotopic (exact) mass is 285 g/mol. The van der Waals surface area contributed by atoms with Gasteiger partial charge in [-0.3, -0.25) is 14.7 Å². The van der Waals surface area contributed by atoms with E-state index in [9.17, 15) is 4.79 Å². The molecule has 0 aliphatic carbocycles. The fourth-order valence-corrected chi connectivity index (χ4v) is 2.62. The molecule has 1 amide bonds.